The van der Waals surface area contributed by atoms with Gasteiger partial charge in [-0.25, -0.2) is 4.98 Å². The lowest BCUT2D eigenvalue weighted by Gasteiger charge is -2.39. The van der Waals surface area contributed by atoms with Gasteiger partial charge in [0.2, 0.25) is 5.91 Å². The molecule has 1 aliphatic carbocycles. The quantitative estimate of drug-likeness (QED) is 0.862. The van der Waals surface area contributed by atoms with E-state index in [0.29, 0.717) is 6.04 Å². The monoisotopic (exact) mass is 285 g/mol. The second-order valence-corrected chi connectivity index (χ2v) is 7.06. The first-order valence-electron chi connectivity index (χ1n) is 8.20. The highest BCUT2D eigenvalue weighted by molar-refractivity contribution is 6.05. The maximum absolute atomic E-state index is 12.5. The molecular formula is C17H23N3O. The van der Waals surface area contributed by atoms with Crippen molar-refractivity contribution in [3.05, 3.63) is 23.9 Å². The lowest BCUT2D eigenvalue weighted by Crippen LogP contribution is -2.44. The van der Waals surface area contributed by atoms with E-state index in [4.69, 9.17) is 0 Å². The lowest BCUT2D eigenvalue weighted by atomic mass is 9.69. The minimum absolute atomic E-state index is 0.171. The molecule has 1 N–H and O–H groups in total. The summed E-state index contributed by atoms with van der Waals surface area (Å²) in [6.07, 6.45) is 7.29. The molecule has 4 rings (SSSR count). The Morgan fingerprint density at radius 3 is 2.86 bits per heavy atom. The number of rotatable bonds is 1. The van der Waals surface area contributed by atoms with E-state index in [1.807, 2.05) is 6.07 Å². The molecule has 0 aromatic carbocycles. The van der Waals surface area contributed by atoms with Crippen LogP contribution in [0.2, 0.25) is 0 Å². The predicted octanol–water partition coefficient (Wildman–Crippen LogP) is 2.56. The summed E-state index contributed by atoms with van der Waals surface area (Å²) in [5, 5.41) is 2.99. The Morgan fingerprint density at radius 2 is 2.14 bits per heavy atom. The van der Waals surface area contributed by atoms with Crippen molar-refractivity contribution < 1.29 is 4.79 Å². The number of hydrogen-bond acceptors (Lipinski definition) is 3. The molecule has 4 nitrogen and oxygen atoms in total. The van der Waals surface area contributed by atoms with Gasteiger partial charge in [0.25, 0.3) is 0 Å². The molecule has 1 aromatic heterocycles. The van der Waals surface area contributed by atoms with Crippen molar-refractivity contribution in [2.24, 2.45) is 5.92 Å². The number of pyridine rings is 1. The van der Waals surface area contributed by atoms with Crippen LogP contribution in [0.4, 0.5) is 5.82 Å². The molecule has 1 aromatic rings. The van der Waals surface area contributed by atoms with Gasteiger partial charge in [-0.15, -0.1) is 0 Å². The van der Waals surface area contributed by atoms with E-state index in [9.17, 15) is 4.79 Å². The van der Waals surface area contributed by atoms with Crippen LogP contribution >= 0.6 is 0 Å². The first-order valence-corrected chi connectivity index (χ1v) is 8.20. The highest BCUT2D eigenvalue weighted by Crippen LogP contribution is 2.47. The number of fused-ring (bicyclic) bond motifs is 2. The zero-order chi connectivity index (χ0) is 14.4. The number of carbonyl (C=O) groups excluding carboxylic acids is 1. The number of aromatic nitrogens is 1. The van der Waals surface area contributed by atoms with Crippen molar-refractivity contribution in [2.45, 2.75) is 50.5 Å². The van der Waals surface area contributed by atoms with Gasteiger partial charge < -0.3 is 10.2 Å². The standard InChI is InChI=1S/C17H23N3O/c1-12-6-10-20(11-12)13-4-7-17(8-5-13)14-3-2-9-18-15(14)19-16(17)21/h2-3,9,12-13H,4-8,10-11H2,1H3,(H,18,19,21). The smallest absolute Gasteiger partial charge is 0.236 e. The summed E-state index contributed by atoms with van der Waals surface area (Å²) >= 11 is 0. The summed E-state index contributed by atoms with van der Waals surface area (Å²) in [5.41, 5.74) is 0.828. The Bertz CT molecular complexity index is 563. The molecule has 21 heavy (non-hydrogen) atoms. The van der Waals surface area contributed by atoms with Gasteiger partial charge in [-0.05, 0) is 50.6 Å². The normalized spacial score (nSPS) is 36.0. The average Bonchev–Trinajstić information content (AvgIpc) is 3.04. The summed E-state index contributed by atoms with van der Waals surface area (Å²) in [6, 6.07) is 4.71. The Balaban J connectivity index is 1.53. The molecule has 1 saturated carbocycles. The number of likely N-dealkylation sites (tertiary alicyclic amines) is 1. The molecule has 1 saturated heterocycles. The highest BCUT2D eigenvalue weighted by atomic mass is 16.2. The van der Waals surface area contributed by atoms with Crippen molar-refractivity contribution >= 4 is 11.7 Å². The van der Waals surface area contributed by atoms with Crippen LogP contribution in [0.15, 0.2) is 18.3 Å². The number of anilines is 1. The van der Waals surface area contributed by atoms with E-state index in [0.717, 1.165) is 43.0 Å². The molecule has 2 fully saturated rings. The van der Waals surface area contributed by atoms with Crippen LogP contribution in [0, 0.1) is 5.92 Å². The minimum Gasteiger partial charge on any atom is -0.310 e. The Labute approximate surface area is 125 Å². The fourth-order valence-corrected chi connectivity index (χ4v) is 4.50. The molecule has 1 spiro atoms. The van der Waals surface area contributed by atoms with Crippen molar-refractivity contribution in [1.29, 1.82) is 0 Å². The largest absolute Gasteiger partial charge is 0.310 e. The van der Waals surface area contributed by atoms with Crippen LogP contribution < -0.4 is 5.32 Å². The molecule has 112 valence electrons. The topological polar surface area (TPSA) is 45.2 Å². The van der Waals surface area contributed by atoms with Gasteiger partial charge in [-0.3, -0.25) is 4.79 Å². The lowest BCUT2D eigenvalue weighted by molar-refractivity contribution is -0.122. The molecule has 2 aliphatic heterocycles. The van der Waals surface area contributed by atoms with Gasteiger partial charge in [0.15, 0.2) is 0 Å². The number of carbonyl (C=O) groups is 1. The molecule has 0 radical (unpaired) electrons. The van der Waals surface area contributed by atoms with Crippen LogP contribution in [0.3, 0.4) is 0 Å². The second-order valence-electron chi connectivity index (χ2n) is 7.06. The van der Waals surface area contributed by atoms with Crippen molar-refractivity contribution in [3.63, 3.8) is 0 Å². The van der Waals surface area contributed by atoms with Crippen LogP contribution in [0.5, 0.6) is 0 Å². The van der Waals surface area contributed by atoms with Crippen molar-refractivity contribution in [3.8, 4) is 0 Å². The molecule has 3 aliphatic rings. The maximum atomic E-state index is 12.5. The van der Waals surface area contributed by atoms with Crippen LogP contribution in [0.25, 0.3) is 0 Å². The third-order valence-electron chi connectivity index (χ3n) is 5.77. The van der Waals surface area contributed by atoms with E-state index in [2.05, 4.69) is 28.2 Å². The fourth-order valence-electron chi connectivity index (χ4n) is 4.50. The molecule has 1 atom stereocenters. The Morgan fingerprint density at radius 1 is 1.33 bits per heavy atom. The van der Waals surface area contributed by atoms with Gasteiger partial charge in [-0.1, -0.05) is 13.0 Å². The highest BCUT2D eigenvalue weighted by Gasteiger charge is 2.49. The molecule has 0 bridgehead atoms. The number of nitrogens with one attached hydrogen (secondary N) is 1. The predicted molar refractivity (Wildman–Crippen MR) is 82.2 cm³/mol. The van der Waals surface area contributed by atoms with E-state index >= 15 is 0 Å². The molecule has 1 amide bonds. The van der Waals surface area contributed by atoms with Crippen molar-refractivity contribution in [1.82, 2.24) is 9.88 Å². The summed E-state index contributed by atoms with van der Waals surface area (Å²) in [6.45, 7) is 4.82. The maximum Gasteiger partial charge on any atom is 0.236 e. The van der Waals surface area contributed by atoms with E-state index in [1.54, 1.807) is 6.20 Å². The summed E-state index contributed by atoms with van der Waals surface area (Å²) < 4.78 is 0. The van der Waals surface area contributed by atoms with E-state index < -0.39 is 0 Å². The average molecular weight is 285 g/mol. The second kappa shape index (κ2) is 4.80. The molecule has 4 heteroatoms. The van der Waals surface area contributed by atoms with Crippen LogP contribution in [0.1, 0.15) is 44.6 Å². The number of hydrogen-bond donors (Lipinski definition) is 1. The van der Waals surface area contributed by atoms with Crippen LogP contribution in [-0.4, -0.2) is 34.9 Å². The molecule has 1 unspecified atom stereocenters. The number of nitrogens with zero attached hydrogens (tertiary/aromatic N) is 2. The van der Waals surface area contributed by atoms with Crippen molar-refractivity contribution in [2.75, 3.05) is 18.4 Å². The zero-order valence-corrected chi connectivity index (χ0v) is 12.6. The summed E-state index contributed by atoms with van der Waals surface area (Å²) in [7, 11) is 0. The number of amides is 1. The van der Waals surface area contributed by atoms with Crippen LogP contribution in [-0.2, 0) is 10.2 Å². The van der Waals surface area contributed by atoms with E-state index in [1.165, 1.54) is 19.5 Å². The van der Waals surface area contributed by atoms with Gasteiger partial charge in [0.05, 0.1) is 5.41 Å². The minimum atomic E-state index is -0.300. The SMILES string of the molecule is CC1CCN(C2CCC3(CC2)C(=O)Nc2ncccc23)C1. The van der Waals surface area contributed by atoms with E-state index in [-0.39, 0.29) is 11.3 Å². The Hall–Kier alpha value is -1.42. The van der Waals surface area contributed by atoms with Gasteiger partial charge in [0, 0.05) is 24.3 Å². The first kappa shape index (κ1) is 13.3. The summed E-state index contributed by atoms with van der Waals surface area (Å²) in [4.78, 5) is 19.5. The third kappa shape index (κ3) is 2.00. The Kier molecular flexibility index (Phi) is 3.03. The molecule has 3 heterocycles. The van der Waals surface area contributed by atoms with Gasteiger partial charge in [-0.2, -0.15) is 0 Å². The van der Waals surface area contributed by atoms with Gasteiger partial charge in [0.1, 0.15) is 5.82 Å². The van der Waals surface area contributed by atoms with Gasteiger partial charge >= 0.3 is 0 Å². The zero-order valence-electron chi connectivity index (χ0n) is 12.6. The third-order valence-corrected chi connectivity index (χ3v) is 5.77. The fraction of sp³-hybridized carbons (Fsp3) is 0.647. The summed E-state index contributed by atoms with van der Waals surface area (Å²) in [5.74, 6) is 1.79. The molecular weight excluding hydrogens is 262 g/mol. The first-order chi connectivity index (χ1) is 10.2.